The van der Waals surface area contributed by atoms with Crippen molar-refractivity contribution in [2.24, 2.45) is 0 Å². The molecule has 0 bridgehead atoms. The molecule has 2 N–H and O–H groups in total. The molecule has 8 heteroatoms. The molecule has 1 aliphatic heterocycles. The second-order valence-corrected chi connectivity index (χ2v) is 11.0. The lowest BCUT2D eigenvalue weighted by Gasteiger charge is -2.15. The van der Waals surface area contributed by atoms with E-state index < -0.39 is 23.6 Å². The molecule has 0 saturated carbocycles. The summed E-state index contributed by atoms with van der Waals surface area (Å²) in [5.74, 6) is 6.65. The highest BCUT2D eigenvalue weighted by Crippen LogP contribution is 2.40. The van der Waals surface area contributed by atoms with Crippen molar-refractivity contribution < 1.29 is 14.6 Å². The average Bonchev–Trinajstić information content (AvgIpc) is 3.41. The smallest absolute Gasteiger partial charge is 0.330 e. The van der Waals surface area contributed by atoms with Crippen molar-refractivity contribution in [3.8, 4) is 11.8 Å². The van der Waals surface area contributed by atoms with Gasteiger partial charge in [-0.2, -0.15) is 0 Å². The third-order valence-corrected chi connectivity index (χ3v) is 8.27. The van der Waals surface area contributed by atoms with Gasteiger partial charge in [-0.05, 0) is 55.4 Å². The van der Waals surface area contributed by atoms with Gasteiger partial charge in [-0.1, -0.05) is 72.5 Å². The van der Waals surface area contributed by atoms with Crippen molar-refractivity contribution in [3.05, 3.63) is 105 Å². The first-order valence-corrected chi connectivity index (χ1v) is 14.8. The minimum atomic E-state index is -0.688. The van der Waals surface area contributed by atoms with Gasteiger partial charge in [0.1, 0.15) is 17.9 Å². The Bertz CT molecular complexity index is 2070. The van der Waals surface area contributed by atoms with Gasteiger partial charge in [-0.25, -0.2) is 4.79 Å². The van der Waals surface area contributed by atoms with Crippen molar-refractivity contribution in [2.45, 2.75) is 24.9 Å². The normalized spacial score (nSPS) is 18.9. The van der Waals surface area contributed by atoms with Crippen molar-refractivity contribution in [1.29, 1.82) is 0 Å². The molecule has 0 spiro atoms. The summed E-state index contributed by atoms with van der Waals surface area (Å²) in [7, 11) is 0. The molecule has 7 nitrogen and oxygen atoms in total. The van der Waals surface area contributed by atoms with E-state index in [1.807, 2.05) is 18.4 Å². The third kappa shape index (κ3) is 4.30. The maximum Gasteiger partial charge on any atom is 0.330 e. The molecule has 1 aromatic heterocycles. The Kier molecular flexibility index (Phi) is 6.53. The Hall–Kier alpha value is -4.13. The van der Waals surface area contributed by atoms with Gasteiger partial charge in [-0.3, -0.25) is 14.3 Å². The Labute approximate surface area is 239 Å². The number of aromatic amines is 1. The molecule has 5 aromatic carbocycles. The largest absolute Gasteiger partial charge is 0.394 e. The fourth-order valence-electron chi connectivity index (χ4n) is 6.04. The zero-order valence-electron chi connectivity index (χ0n) is 22.2. The molecule has 1 aliphatic rings. The summed E-state index contributed by atoms with van der Waals surface area (Å²) in [6, 6.07) is 23.1. The number of hydrogen-bond donors (Lipinski definition) is 2. The molecule has 2 heterocycles. The number of aromatic nitrogens is 2. The molecule has 41 heavy (non-hydrogen) atoms. The van der Waals surface area contributed by atoms with Crippen LogP contribution < -0.4 is 11.2 Å². The molecule has 0 aliphatic carbocycles. The van der Waals surface area contributed by atoms with Crippen LogP contribution in [0.15, 0.2) is 82.5 Å². The van der Waals surface area contributed by atoms with Crippen LogP contribution in [0.5, 0.6) is 0 Å². The van der Waals surface area contributed by atoms with Crippen LogP contribution in [0.1, 0.15) is 23.8 Å². The minimum Gasteiger partial charge on any atom is -0.394 e. The molecule has 7 rings (SSSR count). The van der Waals surface area contributed by atoms with Crippen molar-refractivity contribution >= 4 is 54.9 Å². The highest BCUT2D eigenvalue weighted by molar-refractivity contribution is 7.98. The van der Waals surface area contributed by atoms with Crippen LogP contribution in [0.25, 0.3) is 43.1 Å². The van der Waals surface area contributed by atoms with Crippen molar-refractivity contribution in [3.63, 3.8) is 0 Å². The fourth-order valence-corrected chi connectivity index (χ4v) is 6.35. The highest BCUT2D eigenvalue weighted by atomic mass is 32.2. The van der Waals surface area contributed by atoms with E-state index in [0.717, 1.165) is 27.1 Å². The topological polar surface area (TPSA) is 93.6 Å². The maximum absolute atomic E-state index is 12.7. The van der Waals surface area contributed by atoms with Crippen LogP contribution in [-0.4, -0.2) is 45.7 Å². The van der Waals surface area contributed by atoms with Crippen LogP contribution in [-0.2, 0) is 9.47 Å². The van der Waals surface area contributed by atoms with E-state index in [0.29, 0.717) is 12.4 Å². The van der Waals surface area contributed by atoms with Gasteiger partial charge in [0, 0.05) is 18.2 Å². The number of nitrogens with zero attached hydrogens (tertiary/aromatic N) is 1. The summed E-state index contributed by atoms with van der Waals surface area (Å²) < 4.78 is 13.0. The molecule has 6 aromatic rings. The van der Waals surface area contributed by atoms with E-state index in [-0.39, 0.29) is 18.3 Å². The Morgan fingerprint density at radius 3 is 2.32 bits per heavy atom. The van der Waals surface area contributed by atoms with Crippen molar-refractivity contribution in [2.75, 3.05) is 18.8 Å². The summed E-state index contributed by atoms with van der Waals surface area (Å²) in [6.07, 6.45) is 2.11. The van der Waals surface area contributed by atoms with E-state index in [1.54, 1.807) is 0 Å². The van der Waals surface area contributed by atoms with E-state index in [2.05, 4.69) is 71.4 Å². The van der Waals surface area contributed by atoms with Gasteiger partial charge < -0.3 is 14.6 Å². The lowest BCUT2D eigenvalue weighted by atomic mass is 9.88. The molecule has 0 radical (unpaired) electrons. The fraction of sp³-hybridized carbons (Fsp3) is 0.212. The molecule has 3 atom stereocenters. The van der Waals surface area contributed by atoms with Crippen LogP contribution in [0.4, 0.5) is 0 Å². The standard InChI is InChI=1S/C33H26N2O5S/c1-41-18-39-27-15-29(40-28(27)17-36)35-16-21(32(37)34-33(35)38)12-11-19-13-14-26-24-9-3-6-20-5-2-8-23(30(20)24)25-10-4-7-22(19)31(25)26/h2-10,13-14,16,27-29,36H,15,17-18H2,1H3,(H,34,37,38)/t27-,28+,29+/m0/s1. The van der Waals surface area contributed by atoms with Gasteiger partial charge in [0.15, 0.2) is 0 Å². The number of benzene rings is 5. The highest BCUT2D eigenvalue weighted by Gasteiger charge is 2.37. The van der Waals surface area contributed by atoms with Crippen LogP contribution >= 0.6 is 11.8 Å². The number of H-pyrrole nitrogens is 1. The summed E-state index contributed by atoms with van der Waals surface area (Å²) in [5, 5.41) is 19.1. The van der Waals surface area contributed by atoms with E-state index >= 15 is 0 Å². The number of aliphatic hydroxyl groups is 1. The molecule has 1 fully saturated rings. The number of ether oxygens (including phenoxy) is 2. The van der Waals surface area contributed by atoms with Gasteiger partial charge in [0.2, 0.25) is 0 Å². The number of nitrogens with one attached hydrogen (secondary N) is 1. The van der Waals surface area contributed by atoms with E-state index in [9.17, 15) is 14.7 Å². The maximum atomic E-state index is 12.7. The number of fused-ring (bicyclic) bond motifs is 2. The van der Waals surface area contributed by atoms with Crippen molar-refractivity contribution in [1.82, 2.24) is 9.55 Å². The second kappa shape index (κ2) is 10.4. The SMILES string of the molecule is CSCO[C@H]1C[C@H](n2cc(C#Cc3ccc4c5cccc6cccc(c7cccc3c74)c65)c(=O)[nH]c2=O)O[C@@H]1CO. The minimum absolute atomic E-state index is 0.151. The lowest BCUT2D eigenvalue weighted by Crippen LogP contribution is -2.33. The predicted octanol–water partition coefficient (Wildman–Crippen LogP) is 4.97. The lowest BCUT2D eigenvalue weighted by molar-refractivity contribution is -0.0554. The summed E-state index contributed by atoms with van der Waals surface area (Å²) in [4.78, 5) is 27.8. The molecule has 0 unspecified atom stereocenters. The first-order chi connectivity index (χ1) is 20.1. The Balaban J connectivity index is 1.32. The average molecular weight is 563 g/mol. The van der Waals surface area contributed by atoms with E-state index in [1.165, 1.54) is 44.1 Å². The van der Waals surface area contributed by atoms with Crippen LogP contribution in [0.3, 0.4) is 0 Å². The first kappa shape index (κ1) is 25.8. The van der Waals surface area contributed by atoms with Gasteiger partial charge >= 0.3 is 5.69 Å². The molecular weight excluding hydrogens is 536 g/mol. The monoisotopic (exact) mass is 562 g/mol. The number of thioether (sulfide) groups is 1. The molecule has 204 valence electrons. The summed E-state index contributed by atoms with van der Waals surface area (Å²) in [5.41, 5.74) is -0.216. The van der Waals surface area contributed by atoms with Gasteiger partial charge in [-0.15, -0.1) is 11.8 Å². The zero-order valence-corrected chi connectivity index (χ0v) is 23.0. The predicted molar refractivity (Wildman–Crippen MR) is 164 cm³/mol. The van der Waals surface area contributed by atoms with Gasteiger partial charge in [0.05, 0.1) is 18.6 Å². The Morgan fingerprint density at radius 2 is 1.59 bits per heavy atom. The molecular formula is C33H26N2O5S. The Morgan fingerprint density at radius 1 is 0.927 bits per heavy atom. The van der Waals surface area contributed by atoms with Gasteiger partial charge in [0.25, 0.3) is 5.56 Å². The summed E-state index contributed by atoms with van der Waals surface area (Å²) in [6.45, 7) is -0.232. The number of aliphatic hydroxyl groups excluding tert-OH is 1. The zero-order chi connectivity index (χ0) is 28.1. The van der Waals surface area contributed by atoms with E-state index in [4.69, 9.17) is 9.47 Å². The molecule has 0 amide bonds. The summed E-state index contributed by atoms with van der Waals surface area (Å²) >= 11 is 1.52. The second-order valence-electron chi connectivity index (χ2n) is 10.2. The number of hydrogen-bond acceptors (Lipinski definition) is 6. The van der Waals surface area contributed by atoms with Crippen LogP contribution in [0, 0.1) is 11.8 Å². The third-order valence-electron chi connectivity index (χ3n) is 7.90. The quantitative estimate of drug-likeness (QED) is 0.133. The number of rotatable bonds is 5. The molecule has 1 saturated heterocycles. The first-order valence-electron chi connectivity index (χ1n) is 13.4. The van der Waals surface area contributed by atoms with Crippen LogP contribution in [0.2, 0.25) is 0 Å².